The zero-order valence-electron chi connectivity index (χ0n) is 44.7. The summed E-state index contributed by atoms with van der Waals surface area (Å²) in [7, 11) is 0. The summed E-state index contributed by atoms with van der Waals surface area (Å²) >= 11 is 0. The summed E-state index contributed by atoms with van der Waals surface area (Å²) in [6, 6.07) is 0. The van der Waals surface area contributed by atoms with Gasteiger partial charge in [0.2, 0.25) is 0 Å². The summed E-state index contributed by atoms with van der Waals surface area (Å²) < 4.78 is 34.4. The molecule has 14 heteroatoms. The second kappa shape index (κ2) is 44.7. The number of allylic oxidation sites excluding steroid dienone is 4. The molecule has 0 aromatic heterocycles. The van der Waals surface area contributed by atoms with Crippen molar-refractivity contribution in [2.45, 2.75) is 300 Å². The smallest absolute Gasteiger partial charge is 0.306 e. The predicted octanol–water partition coefficient (Wildman–Crippen LogP) is 9.97. The Morgan fingerprint density at radius 1 is 0.465 bits per heavy atom. The quantitative estimate of drug-likeness (QED) is 0.0172. The molecule has 2 aliphatic rings. The number of hydrogen-bond acceptors (Lipinski definition) is 14. The van der Waals surface area contributed by atoms with E-state index in [4.69, 9.17) is 28.4 Å². The summed E-state index contributed by atoms with van der Waals surface area (Å²) in [5, 5.41) is 72.3. The Hall–Kier alpha value is -1.53. The first-order valence-electron chi connectivity index (χ1n) is 28.9. The highest BCUT2D eigenvalue weighted by Crippen LogP contribution is 2.27. The van der Waals surface area contributed by atoms with Crippen molar-refractivity contribution in [3.05, 3.63) is 24.3 Å². The average Bonchev–Trinajstić information content (AvgIpc) is 3.37. The highest BCUT2D eigenvalue weighted by atomic mass is 16.7. The lowest BCUT2D eigenvalue weighted by Gasteiger charge is -2.42. The molecule has 2 rings (SSSR count). The van der Waals surface area contributed by atoms with Crippen LogP contribution in [0.15, 0.2) is 24.3 Å². The van der Waals surface area contributed by atoms with Gasteiger partial charge in [-0.25, -0.2) is 0 Å². The molecule has 2 aliphatic heterocycles. The third-order valence-corrected chi connectivity index (χ3v) is 14.0. The molecule has 0 aliphatic carbocycles. The number of aliphatic hydroxyl groups is 7. The topological polar surface area (TPSA) is 214 Å². The molecule has 11 unspecified atom stereocenters. The predicted molar refractivity (Wildman–Crippen MR) is 280 cm³/mol. The summed E-state index contributed by atoms with van der Waals surface area (Å²) in [5.41, 5.74) is 0. The van der Waals surface area contributed by atoms with Gasteiger partial charge in [-0.15, -0.1) is 0 Å². The minimum atomic E-state index is -1.71. The lowest BCUT2D eigenvalue weighted by Crippen LogP contribution is -2.61. The molecule has 0 aromatic rings. The fourth-order valence-electron chi connectivity index (χ4n) is 9.26. The molecule has 2 saturated heterocycles. The van der Waals surface area contributed by atoms with E-state index >= 15 is 0 Å². The maximum Gasteiger partial charge on any atom is 0.306 e. The average molecular weight is 1020 g/mol. The first-order chi connectivity index (χ1) is 34.6. The van der Waals surface area contributed by atoms with Gasteiger partial charge in [-0.05, 0) is 44.9 Å². The highest BCUT2D eigenvalue weighted by molar-refractivity contribution is 5.69. The van der Waals surface area contributed by atoms with Crippen LogP contribution in [0.25, 0.3) is 0 Å². The van der Waals surface area contributed by atoms with Crippen LogP contribution in [0.5, 0.6) is 0 Å². The number of ether oxygens (including phenoxy) is 6. The van der Waals surface area contributed by atoms with E-state index in [1.165, 1.54) is 148 Å². The van der Waals surface area contributed by atoms with E-state index in [1.54, 1.807) is 0 Å². The molecule has 0 saturated carbocycles. The van der Waals surface area contributed by atoms with Crippen LogP contribution in [-0.4, -0.2) is 142 Å². The molecule has 418 valence electrons. The minimum Gasteiger partial charge on any atom is -0.457 e. The fourth-order valence-corrected chi connectivity index (χ4v) is 9.26. The van der Waals surface area contributed by atoms with Crippen LogP contribution in [-0.2, 0) is 33.2 Å². The van der Waals surface area contributed by atoms with E-state index < -0.39 is 80.7 Å². The Bertz CT molecular complexity index is 1270. The third-order valence-electron chi connectivity index (χ3n) is 14.0. The van der Waals surface area contributed by atoms with Gasteiger partial charge >= 0.3 is 5.97 Å². The van der Waals surface area contributed by atoms with Crippen LogP contribution >= 0.6 is 0 Å². The Kier molecular flexibility index (Phi) is 41.3. The third kappa shape index (κ3) is 31.8. The second-order valence-electron chi connectivity index (χ2n) is 20.5. The molecule has 71 heavy (non-hydrogen) atoms. The van der Waals surface area contributed by atoms with Gasteiger partial charge in [-0.1, -0.05) is 205 Å². The maximum absolute atomic E-state index is 13.1. The largest absolute Gasteiger partial charge is 0.457 e. The molecule has 14 nitrogen and oxygen atoms in total. The summed E-state index contributed by atoms with van der Waals surface area (Å²) in [4.78, 5) is 13.1. The van der Waals surface area contributed by atoms with Crippen LogP contribution < -0.4 is 0 Å². The molecule has 11 atom stereocenters. The molecular formula is C57H106O14. The van der Waals surface area contributed by atoms with E-state index in [0.717, 1.165) is 57.8 Å². The lowest BCUT2D eigenvalue weighted by molar-refractivity contribution is -0.332. The van der Waals surface area contributed by atoms with E-state index in [2.05, 4.69) is 38.2 Å². The van der Waals surface area contributed by atoms with Crippen LogP contribution in [0.3, 0.4) is 0 Å². The van der Waals surface area contributed by atoms with Crippen LogP contribution in [0.4, 0.5) is 0 Å². The van der Waals surface area contributed by atoms with Crippen LogP contribution in [0, 0.1) is 0 Å². The summed E-state index contributed by atoms with van der Waals surface area (Å²) in [5.74, 6) is -0.375. The second-order valence-corrected chi connectivity index (χ2v) is 20.5. The molecule has 0 amide bonds. The van der Waals surface area contributed by atoms with E-state index in [0.29, 0.717) is 13.0 Å². The van der Waals surface area contributed by atoms with Gasteiger partial charge in [0, 0.05) is 13.0 Å². The molecule has 7 N–H and O–H groups in total. The van der Waals surface area contributed by atoms with Crippen molar-refractivity contribution in [3.63, 3.8) is 0 Å². The normalized spacial score (nSPS) is 25.4. The summed E-state index contributed by atoms with van der Waals surface area (Å²) in [6.07, 6.45) is 33.8. The number of hydrogen-bond donors (Lipinski definition) is 7. The van der Waals surface area contributed by atoms with Crippen LogP contribution in [0.1, 0.15) is 232 Å². The van der Waals surface area contributed by atoms with Crippen molar-refractivity contribution in [1.82, 2.24) is 0 Å². The van der Waals surface area contributed by atoms with E-state index in [1.807, 2.05) is 0 Å². The molecule has 2 fully saturated rings. The van der Waals surface area contributed by atoms with Crippen LogP contribution in [0.2, 0.25) is 0 Å². The van der Waals surface area contributed by atoms with Crippen molar-refractivity contribution < 1.29 is 69.0 Å². The highest BCUT2D eigenvalue weighted by Gasteiger charge is 2.47. The molecule has 0 bridgehead atoms. The molecular weight excluding hydrogens is 909 g/mol. The lowest BCUT2D eigenvalue weighted by atomic mass is 9.98. The Balaban J connectivity index is 1.71. The van der Waals surface area contributed by atoms with Gasteiger partial charge in [0.05, 0.1) is 26.4 Å². The van der Waals surface area contributed by atoms with E-state index in [-0.39, 0.29) is 25.6 Å². The number of aliphatic hydroxyl groups excluding tert-OH is 7. The minimum absolute atomic E-state index is 0.0585. The number of unbranched alkanes of at least 4 members (excludes halogenated alkanes) is 29. The number of carbonyl (C=O) groups is 1. The summed E-state index contributed by atoms with van der Waals surface area (Å²) in [6.45, 7) is 3.68. The monoisotopic (exact) mass is 1010 g/mol. The van der Waals surface area contributed by atoms with Gasteiger partial charge in [0.1, 0.15) is 54.9 Å². The first kappa shape index (κ1) is 65.6. The van der Waals surface area contributed by atoms with Crippen molar-refractivity contribution >= 4 is 5.97 Å². The first-order valence-corrected chi connectivity index (χ1v) is 28.9. The van der Waals surface area contributed by atoms with Crippen molar-refractivity contribution in [1.29, 1.82) is 0 Å². The Labute approximate surface area is 430 Å². The van der Waals surface area contributed by atoms with Crippen molar-refractivity contribution in [2.24, 2.45) is 0 Å². The van der Waals surface area contributed by atoms with Gasteiger partial charge in [-0.2, -0.15) is 0 Å². The van der Waals surface area contributed by atoms with Crippen molar-refractivity contribution in [3.8, 4) is 0 Å². The van der Waals surface area contributed by atoms with Crippen molar-refractivity contribution in [2.75, 3.05) is 33.0 Å². The zero-order chi connectivity index (χ0) is 51.6. The molecule has 2 heterocycles. The standard InChI is InChI=1S/C57H106O14/c1-3-5-7-9-11-13-15-17-19-21-22-23-24-25-26-28-30-32-34-36-38-40-49(59)69-46(43-66-41-39-37-35-33-31-29-27-20-18-16-14-12-10-8-6-4-2)44-67-56-55(65)53(63)51(61)48(71-56)45-68-57-54(64)52(62)50(60)47(42-58)70-57/h12,14,18,20,46-48,50-58,60-65H,3-11,13,15-17,19,21-45H2,1-2H3/b14-12-,20-18-. The maximum atomic E-state index is 13.1. The molecule has 0 radical (unpaired) electrons. The number of carbonyl (C=O) groups excluding carboxylic acids is 1. The molecule has 0 spiro atoms. The van der Waals surface area contributed by atoms with E-state index in [9.17, 15) is 40.5 Å². The fraction of sp³-hybridized carbons (Fsp3) is 0.912. The van der Waals surface area contributed by atoms with Gasteiger partial charge in [0.25, 0.3) is 0 Å². The zero-order valence-corrected chi connectivity index (χ0v) is 44.7. The van der Waals surface area contributed by atoms with Gasteiger partial charge in [-0.3, -0.25) is 4.79 Å². The number of rotatable bonds is 47. The number of esters is 1. The Morgan fingerprint density at radius 2 is 0.873 bits per heavy atom. The Morgan fingerprint density at radius 3 is 1.38 bits per heavy atom. The SMILES string of the molecule is CCCCC/C=C\C/C=C\CCCCCCCCOCC(COC1OC(COC2OC(CO)C(O)C(O)C2O)C(O)C(O)C1O)OC(=O)CCCCCCCCCCCCCCCCCCCCCCC. The van der Waals surface area contributed by atoms with Gasteiger partial charge < -0.3 is 64.2 Å². The van der Waals surface area contributed by atoms with Gasteiger partial charge in [0.15, 0.2) is 12.6 Å². The molecule has 0 aromatic carbocycles.